The number of nitrogens with one attached hydrogen (secondary N) is 1. The van der Waals surface area contributed by atoms with Gasteiger partial charge in [-0.3, -0.25) is 9.89 Å². The van der Waals surface area contributed by atoms with E-state index >= 15 is 0 Å². The first kappa shape index (κ1) is 19.6. The van der Waals surface area contributed by atoms with E-state index in [-0.39, 0.29) is 5.91 Å². The van der Waals surface area contributed by atoms with Crippen molar-refractivity contribution in [3.8, 4) is 0 Å². The maximum Gasteiger partial charge on any atom is 0.274 e. The van der Waals surface area contributed by atoms with E-state index in [1.54, 1.807) is 0 Å². The molecule has 0 saturated carbocycles. The molecule has 7 heteroatoms. The Bertz CT molecular complexity index is 762. The Balaban J connectivity index is 1.68. The highest BCUT2D eigenvalue weighted by Gasteiger charge is 2.30. The molecule has 1 aliphatic heterocycles. The highest BCUT2D eigenvalue weighted by atomic mass is 16.2. The van der Waals surface area contributed by atoms with Crippen LogP contribution in [0.25, 0.3) is 0 Å². The van der Waals surface area contributed by atoms with Crippen LogP contribution in [-0.4, -0.2) is 69.2 Å². The quantitative estimate of drug-likeness (QED) is 0.810. The van der Waals surface area contributed by atoms with E-state index in [9.17, 15) is 4.79 Å². The lowest BCUT2D eigenvalue weighted by molar-refractivity contribution is 0.0696. The molecule has 148 valence electrons. The van der Waals surface area contributed by atoms with Crippen molar-refractivity contribution in [3.05, 3.63) is 35.2 Å². The van der Waals surface area contributed by atoms with Crippen molar-refractivity contribution in [2.24, 2.45) is 0 Å². The molecule has 3 rings (SSSR count). The molecule has 0 spiro atoms. The molecule has 7 nitrogen and oxygen atoms in total. The average Bonchev–Trinajstić information content (AvgIpc) is 3.27. The fraction of sp³-hybridized carbons (Fsp3) is 0.650. The van der Waals surface area contributed by atoms with Crippen LogP contribution >= 0.6 is 0 Å². The Morgan fingerprint density at radius 2 is 2.22 bits per heavy atom. The number of nitrogens with zero attached hydrogens (tertiary/aromatic N) is 5. The van der Waals surface area contributed by atoms with E-state index in [1.165, 1.54) is 0 Å². The molecule has 1 atom stereocenters. The van der Waals surface area contributed by atoms with Gasteiger partial charge in [0.2, 0.25) is 0 Å². The summed E-state index contributed by atoms with van der Waals surface area (Å²) in [6.07, 6.45) is 7.99. The van der Waals surface area contributed by atoms with Gasteiger partial charge in [0.05, 0.1) is 0 Å². The lowest BCUT2D eigenvalue weighted by atomic mass is 9.96. The van der Waals surface area contributed by atoms with Crippen LogP contribution in [0.3, 0.4) is 0 Å². The standard InChI is InChI=1S/C20H32N6O/c1-5-17-15(2)18(23-22-17)20(27)26-11-6-8-16(14-26)19-21-9-13-25(19)12-7-10-24(3)4/h9,13,16H,5-8,10-12,14H2,1-4H3,(H,22,23). The summed E-state index contributed by atoms with van der Waals surface area (Å²) < 4.78 is 2.26. The molecule has 1 saturated heterocycles. The second-order valence-electron chi connectivity index (χ2n) is 7.76. The summed E-state index contributed by atoms with van der Waals surface area (Å²) in [5, 5.41) is 7.29. The molecule has 0 aliphatic carbocycles. The zero-order valence-corrected chi connectivity index (χ0v) is 17.0. The zero-order chi connectivity index (χ0) is 19.4. The first-order valence-electron chi connectivity index (χ1n) is 10.00. The normalized spacial score (nSPS) is 17.7. The van der Waals surface area contributed by atoms with Gasteiger partial charge in [-0.1, -0.05) is 6.92 Å². The molecule has 1 amide bonds. The smallest absolute Gasteiger partial charge is 0.274 e. The molecule has 1 unspecified atom stereocenters. The predicted octanol–water partition coefficient (Wildman–Crippen LogP) is 2.45. The van der Waals surface area contributed by atoms with Crippen LogP contribution in [0.1, 0.15) is 59.7 Å². The van der Waals surface area contributed by atoms with Crippen molar-refractivity contribution >= 4 is 5.91 Å². The lowest BCUT2D eigenvalue weighted by Crippen LogP contribution is -2.40. The summed E-state index contributed by atoms with van der Waals surface area (Å²) in [5.41, 5.74) is 2.60. The van der Waals surface area contributed by atoms with Gasteiger partial charge in [-0.2, -0.15) is 5.10 Å². The molecule has 2 aromatic heterocycles. The molecular weight excluding hydrogens is 340 g/mol. The van der Waals surface area contributed by atoms with Gasteiger partial charge in [0.1, 0.15) is 5.82 Å². The Hall–Kier alpha value is -2.15. The van der Waals surface area contributed by atoms with Gasteiger partial charge in [-0.25, -0.2) is 4.98 Å². The molecule has 1 fully saturated rings. The molecule has 0 bridgehead atoms. The number of carbonyl (C=O) groups excluding carboxylic acids is 1. The third-order valence-corrected chi connectivity index (χ3v) is 5.49. The van der Waals surface area contributed by atoms with Crippen LogP contribution < -0.4 is 0 Å². The maximum absolute atomic E-state index is 13.0. The van der Waals surface area contributed by atoms with E-state index in [0.717, 1.165) is 68.9 Å². The van der Waals surface area contributed by atoms with Gasteiger partial charge in [0.25, 0.3) is 5.91 Å². The van der Waals surface area contributed by atoms with Crippen LogP contribution in [-0.2, 0) is 13.0 Å². The number of amides is 1. The second-order valence-corrected chi connectivity index (χ2v) is 7.76. The minimum atomic E-state index is 0.0406. The number of piperidine rings is 1. The first-order valence-corrected chi connectivity index (χ1v) is 10.00. The first-order chi connectivity index (χ1) is 13.0. The number of likely N-dealkylation sites (tertiary alicyclic amines) is 1. The third kappa shape index (κ3) is 4.40. The van der Waals surface area contributed by atoms with Crippen molar-refractivity contribution in [3.63, 3.8) is 0 Å². The molecule has 3 heterocycles. The number of hydrogen-bond acceptors (Lipinski definition) is 4. The number of hydrogen-bond donors (Lipinski definition) is 1. The molecule has 1 aliphatic rings. The van der Waals surface area contributed by atoms with Crippen LogP contribution in [0, 0.1) is 6.92 Å². The lowest BCUT2D eigenvalue weighted by Gasteiger charge is -2.32. The molecule has 2 aromatic rings. The number of aromatic amines is 1. The van der Waals surface area contributed by atoms with Crippen molar-refractivity contribution in [1.29, 1.82) is 0 Å². The van der Waals surface area contributed by atoms with E-state index in [0.29, 0.717) is 11.6 Å². The minimum Gasteiger partial charge on any atom is -0.337 e. The Kier molecular flexibility index (Phi) is 6.31. The number of H-pyrrole nitrogens is 1. The average molecular weight is 373 g/mol. The third-order valence-electron chi connectivity index (χ3n) is 5.49. The summed E-state index contributed by atoms with van der Waals surface area (Å²) in [6, 6.07) is 0. The predicted molar refractivity (Wildman–Crippen MR) is 106 cm³/mol. The van der Waals surface area contributed by atoms with E-state index < -0.39 is 0 Å². The van der Waals surface area contributed by atoms with Crippen molar-refractivity contribution in [1.82, 2.24) is 29.5 Å². The molecule has 0 radical (unpaired) electrons. The fourth-order valence-corrected chi connectivity index (χ4v) is 3.94. The summed E-state index contributed by atoms with van der Waals surface area (Å²) in [4.78, 5) is 21.8. The number of aromatic nitrogens is 4. The van der Waals surface area contributed by atoms with Gasteiger partial charge in [-0.15, -0.1) is 0 Å². The van der Waals surface area contributed by atoms with Crippen LogP contribution in [0.4, 0.5) is 0 Å². The fourth-order valence-electron chi connectivity index (χ4n) is 3.94. The number of aryl methyl sites for hydroxylation is 2. The molecule has 0 aromatic carbocycles. The van der Waals surface area contributed by atoms with Gasteiger partial charge in [0, 0.05) is 49.2 Å². The Morgan fingerprint density at radius 3 is 2.93 bits per heavy atom. The van der Waals surface area contributed by atoms with Crippen LogP contribution in [0.5, 0.6) is 0 Å². The SMILES string of the molecule is CCc1[nH]nc(C(=O)N2CCCC(c3nccn3CCCN(C)C)C2)c1C. The summed E-state index contributed by atoms with van der Waals surface area (Å²) in [7, 11) is 4.20. The van der Waals surface area contributed by atoms with Crippen molar-refractivity contribution in [2.75, 3.05) is 33.7 Å². The summed E-state index contributed by atoms with van der Waals surface area (Å²) >= 11 is 0. The number of rotatable bonds is 7. The number of imidazole rings is 1. The number of carbonyl (C=O) groups is 1. The Morgan fingerprint density at radius 1 is 1.41 bits per heavy atom. The topological polar surface area (TPSA) is 70.0 Å². The highest BCUT2D eigenvalue weighted by Crippen LogP contribution is 2.27. The van der Waals surface area contributed by atoms with Crippen LogP contribution in [0.2, 0.25) is 0 Å². The Labute approximate surface area is 161 Å². The van der Waals surface area contributed by atoms with E-state index in [4.69, 9.17) is 0 Å². The molecular formula is C20H32N6O. The van der Waals surface area contributed by atoms with E-state index in [2.05, 4.69) is 51.9 Å². The van der Waals surface area contributed by atoms with Gasteiger partial charge in [-0.05, 0) is 53.2 Å². The van der Waals surface area contributed by atoms with Crippen molar-refractivity contribution < 1.29 is 4.79 Å². The zero-order valence-electron chi connectivity index (χ0n) is 17.0. The molecule has 1 N–H and O–H groups in total. The summed E-state index contributed by atoms with van der Waals surface area (Å²) in [6.45, 7) is 7.60. The van der Waals surface area contributed by atoms with Gasteiger partial charge >= 0.3 is 0 Å². The van der Waals surface area contributed by atoms with Crippen molar-refractivity contribution in [2.45, 2.75) is 52.0 Å². The summed E-state index contributed by atoms with van der Waals surface area (Å²) in [5.74, 6) is 1.44. The monoisotopic (exact) mass is 372 g/mol. The van der Waals surface area contributed by atoms with E-state index in [1.807, 2.05) is 18.0 Å². The highest BCUT2D eigenvalue weighted by molar-refractivity contribution is 5.94. The second kappa shape index (κ2) is 8.69. The largest absolute Gasteiger partial charge is 0.337 e. The van der Waals surface area contributed by atoms with Gasteiger partial charge in [0.15, 0.2) is 5.69 Å². The minimum absolute atomic E-state index is 0.0406. The maximum atomic E-state index is 13.0. The van der Waals surface area contributed by atoms with Gasteiger partial charge < -0.3 is 14.4 Å². The van der Waals surface area contributed by atoms with Crippen LogP contribution in [0.15, 0.2) is 12.4 Å². The molecule has 27 heavy (non-hydrogen) atoms.